The smallest absolute Gasteiger partial charge is 0.407 e. The molecule has 0 spiro atoms. The van der Waals surface area contributed by atoms with E-state index in [2.05, 4.69) is 0 Å². The van der Waals surface area contributed by atoms with Crippen molar-refractivity contribution in [1.29, 1.82) is 0 Å². The van der Waals surface area contributed by atoms with Crippen molar-refractivity contribution in [3.05, 3.63) is 0 Å². The normalized spacial score (nSPS) is 32.6. The highest BCUT2D eigenvalue weighted by Gasteiger charge is 2.39. The van der Waals surface area contributed by atoms with Crippen LogP contribution in [0.5, 0.6) is 0 Å². The van der Waals surface area contributed by atoms with Crippen LogP contribution in [0.4, 0.5) is 4.79 Å². The Labute approximate surface area is 82.9 Å². The lowest BCUT2D eigenvalue weighted by molar-refractivity contribution is -0.128. The van der Waals surface area contributed by atoms with Gasteiger partial charge < -0.3 is 10.0 Å². The first-order chi connectivity index (χ1) is 6.70. The largest absolute Gasteiger partial charge is 0.465 e. The second kappa shape index (κ2) is 3.59. The molecule has 2 rings (SSSR count). The topological polar surface area (TPSA) is 57.6 Å². The van der Waals surface area contributed by atoms with Crippen molar-refractivity contribution in [3.8, 4) is 0 Å². The predicted molar refractivity (Wildman–Crippen MR) is 50.1 cm³/mol. The quantitative estimate of drug-likeness (QED) is 0.640. The zero-order chi connectivity index (χ0) is 10.1. The Kier molecular flexibility index (Phi) is 2.44. The monoisotopic (exact) mass is 197 g/mol. The van der Waals surface area contributed by atoms with Crippen LogP contribution in [0.15, 0.2) is 0 Å². The van der Waals surface area contributed by atoms with E-state index in [9.17, 15) is 9.59 Å². The lowest BCUT2D eigenvalue weighted by Crippen LogP contribution is -2.51. The Hall–Kier alpha value is -1.06. The van der Waals surface area contributed by atoms with Crippen LogP contribution in [0.25, 0.3) is 0 Å². The number of fused-ring (bicyclic) bond motifs is 1. The summed E-state index contributed by atoms with van der Waals surface area (Å²) >= 11 is 0. The molecule has 1 amide bonds. The minimum atomic E-state index is -0.866. The van der Waals surface area contributed by atoms with Gasteiger partial charge in [-0.2, -0.15) is 0 Å². The predicted octanol–water partition coefficient (Wildman–Crippen LogP) is 1.50. The first-order valence-electron chi connectivity index (χ1n) is 5.22. The summed E-state index contributed by atoms with van der Waals surface area (Å²) in [6.45, 7) is 0.601. The van der Waals surface area contributed by atoms with Crippen molar-refractivity contribution >= 4 is 11.9 Å². The maximum absolute atomic E-state index is 11.6. The summed E-state index contributed by atoms with van der Waals surface area (Å²) in [5, 5.41) is 8.98. The molecule has 2 aliphatic rings. The number of piperidine rings is 1. The van der Waals surface area contributed by atoms with Gasteiger partial charge >= 0.3 is 6.09 Å². The van der Waals surface area contributed by atoms with Crippen molar-refractivity contribution in [3.63, 3.8) is 0 Å². The van der Waals surface area contributed by atoms with E-state index in [4.69, 9.17) is 5.11 Å². The number of Topliss-reactive ketones (excluding diaryl/α,β-unsaturated/α-hetero) is 1. The van der Waals surface area contributed by atoms with Crippen molar-refractivity contribution in [2.24, 2.45) is 5.92 Å². The molecule has 1 heterocycles. The van der Waals surface area contributed by atoms with Gasteiger partial charge in [-0.15, -0.1) is 0 Å². The average Bonchev–Trinajstić information content (AvgIpc) is 2.17. The zero-order valence-corrected chi connectivity index (χ0v) is 8.11. The van der Waals surface area contributed by atoms with Crippen molar-refractivity contribution < 1.29 is 14.7 Å². The van der Waals surface area contributed by atoms with Crippen LogP contribution in [-0.2, 0) is 4.79 Å². The van der Waals surface area contributed by atoms with Crippen LogP contribution < -0.4 is 0 Å². The highest BCUT2D eigenvalue weighted by atomic mass is 16.4. The van der Waals surface area contributed by atoms with Gasteiger partial charge in [-0.1, -0.05) is 0 Å². The van der Waals surface area contributed by atoms with Crippen LogP contribution in [0.1, 0.15) is 32.1 Å². The number of carbonyl (C=O) groups is 2. The number of likely N-dealkylation sites (tertiary alicyclic amines) is 1. The molecule has 0 bridgehead atoms. The molecule has 78 valence electrons. The zero-order valence-electron chi connectivity index (χ0n) is 8.11. The standard InChI is InChI=1S/C10H15NO3/c12-9-5-1-4-8-7(9)3-2-6-11(8)10(13)14/h7-8H,1-6H2,(H,13,14)/t7-,8+/m1/s1. The first-order valence-corrected chi connectivity index (χ1v) is 5.22. The van der Waals surface area contributed by atoms with E-state index >= 15 is 0 Å². The molecule has 0 aromatic carbocycles. The van der Waals surface area contributed by atoms with E-state index in [1.165, 1.54) is 4.90 Å². The second-order valence-corrected chi connectivity index (χ2v) is 4.15. The van der Waals surface area contributed by atoms with Gasteiger partial charge in [-0.05, 0) is 25.7 Å². The van der Waals surface area contributed by atoms with Gasteiger partial charge in [-0.3, -0.25) is 4.79 Å². The summed E-state index contributed by atoms with van der Waals surface area (Å²) in [6, 6.07) is -0.0255. The van der Waals surface area contributed by atoms with Crippen LogP contribution in [-0.4, -0.2) is 34.5 Å². The molecule has 4 nitrogen and oxygen atoms in total. The molecule has 1 aliphatic heterocycles. The summed E-state index contributed by atoms with van der Waals surface area (Å²) < 4.78 is 0. The lowest BCUT2D eigenvalue weighted by Gasteiger charge is -2.41. The highest BCUT2D eigenvalue weighted by Crippen LogP contribution is 2.32. The molecule has 1 saturated carbocycles. The first kappa shape index (κ1) is 9.49. The van der Waals surface area contributed by atoms with E-state index in [-0.39, 0.29) is 17.7 Å². The molecule has 0 aromatic heterocycles. The number of carbonyl (C=O) groups excluding carboxylic acids is 1. The maximum atomic E-state index is 11.6. The second-order valence-electron chi connectivity index (χ2n) is 4.15. The van der Waals surface area contributed by atoms with Gasteiger partial charge in [0.1, 0.15) is 5.78 Å². The fourth-order valence-electron chi connectivity index (χ4n) is 2.70. The summed E-state index contributed by atoms with van der Waals surface area (Å²) in [4.78, 5) is 24.0. The highest BCUT2D eigenvalue weighted by molar-refractivity contribution is 5.83. The summed E-state index contributed by atoms with van der Waals surface area (Å²) in [7, 11) is 0. The molecule has 2 fully saturated rings. The van der Waals surface area contributed by atoms with E-state index in [0.29, 0.717) is 13.0 Å². The van der Waals surface area contributed by atoms with Crippen LogP contribution in [0, 0.1) is 5.92 Å². The van der Waals surface area contributed by atoms with Crippen molar-refractivity contribution in [2.75, 3.05) is 6.54 Å². The molecule has 4 heteroatoms. The maximum Gasteiger partial charge on any atom is 0.407 e. The molecule has 0 aromatic rings. The number of ketones is 1. The molecule has 1 N–H and O–H groups in total. The third-order valence-corrected chi connectivity index (χ3v) is 3.36. The molecular formula is C10H15NO3. The number of carboxylic acid groups (broad SMARTS) is 1. The molecule has 1 saturated heterocycles. The molecule has 0 unspecified atom stereocenters. The van der Waals surface area contributed by atoms with Gasteiger partial charge in [0, 0.05) is 24.9 Å². The van der Waals surface area contributed by atoms with Crippen LogP contribution in [0.2, 0.25) is 0 Å². The van der Waals surface area contributed by atoms with E-state index in [0.717, 1.165) is 25.7 Å². The van der Waals surface area contributed by atoms with Gasteiger partial charge in [0.25, 0.3) is 0 Å². The van der Waals surface area contributed by atoms with E-state index < -0.39 is 6.09 Å². The number of rotatable bonds is 0. The Bertz CT molecular complexity index is 258. The number of amides is 1. The average molecular weight is 197 g/mol. The lowest BCUT2D eigenvalue weighted by atomic mass is 9.77. The van der Waals surface area contributed by atoms with Gasteiger partial charge in [-0.25, -0.2) is 4.79 Å². The number of hydrogen-bond acceptors (Lipinski definition) is 2. The van der Waals surface area contributed by atoms with E-state index in [1.54, 1.807) is 0 Å². The third-order valence-electron chi connectivity index (χ3n) is 3.36. The number of hydrogen-bond donors (Lipinski definition) is 1. The number of nitrogens with zero attached hydrogens (tertiary/aromatic N) is 1. The summed E-state index contributed by atoms with van der Waals surface area (Å²) in [5.41, 5.74) is 0. The third kappa shape index (κ3) is 1.49. The Balaban J connectivity index is 2.15. The Morgan fingerprint density at radius 2 is 2.14 bits per heavy atom. The Morgan fingerprint density at radius 1 is 1.36 bits per heavy atom. The van der Waals surface area contributed by atoms with Gasteiger partial charge in [0.2, 0.25) is 0 Å². The molecule has 2 atom stereocenters. The van der Waals surface area contributed by atoms with Crippen molar-refractivity contribution in [2.45, 2.75) is 38.1 Å². The SMILES string of the molecule is O=C1CCC[C@H]2[C@H]1CCCN2C(=O)O. The van der Waals surface area contributed by atoms with Gasteiger partial charge in [0.15, 0.2) is 0 Å². The fraction of sp³-hybridized carbons (Fsp3) is 0.800. The van der Waals surface area contributed by atoms with Crippen LogP contribution >= 0.6 is 0 Å². The summed E-state index contributed by atoms with van der Waals surface area (Å²) in [5.74, 6) is 0.265. The Morgan fingerprint density at radius 3 is 2.86 bits per heavy atom. The minimum Gasteiger partial charge on any atom is -0.465 e. The van der Waals surface area contributed by atoms with Crippen LogP contribution in [0.3, 0.4) is 0 Å². The molecule has 0 radical (unpaired) electrons. The van der Waals surface area contributed by atoms with E-state index in [1.807, 2.05) is 0 Å². The fourth-order valence-corrected chi connectivity index (χ4v) is 2.70. The van der Waals surface area contributed by atoms with Crippen molar-refractivity contribution in [1.82, 2.24) is 4.90 Å². The molecule has 14 heavy (non-hydrogen) atoms. The van der Waals surface area contributed by atoms with Gasteiger partial charge in [0.05, 0.1) is 0 Å². The minimum absolute atomic E-state index is 0.00593. The molecular weight excluding hydrogens is 182 g/mol. The summed E-state index contributed by atoms with van der Waals surface area (Å²) in [6.07, 6.45) is 3.21. The molecule has 1 aliphatic carbocycles.